The van der Waals surface area contributed by atoms with E-state index < -0.39 is 5.82 Å². The molecule has 0 amide bonds. The van der Waals surface area contributed by atoms with Gasteiger partial charge in [-0.3, -0.25) is 4.79 Å². The van der Waals surface area contributed by atoms with Crippen molar-refractivity contribution in [2.45, 2.75) is 0 Å². The van der Waals surface area contributed by atoms with Crippen LogP contribution in [-0.2, 0) is 0 Å². The SMILES string of the molecule is COc1ccc(Oc2cc(F)cc(C=O)c2)cc1. The Hall–Kier alpha value is -2.36. The molecule has 4 heteroatoms. The highest BCUT2D eigenvalue weighted by Crippen LogP contribution is 2.25. The number of ether oxygens (including phenoxy) is 2. The van der Waals surface area contributed by atoms with E-state index in [2.05, 4.69) is 0 Å². The maximum absolute atomic E-state index is 13.2. The number of rotatable bonds is 4. The van der Waals surface area contributed by atoms with Crippen molar-refractivity contribution in [3.05, 3.63) is 53.8 Å². The molecule has 0 aliphatic heterocycles. The first-order valence-electron chi connectivity index (χ1n) is 5.29. The normalized spacial score (nSPS) is 9.89. The smallest absolute Gasteiger partial charge is 0.150 e. The standard InChI is InChI=1S/C14H11FO3/c1-17-12-2-4-13(5-3-12)18-14-7-10(9-16)6-11(15)8-14/h2-9H,1H3. The molecule has 0 aliphatic rings. The zero-order valence-electron chi connectivity index (χ0n) is 9.72. The van der Waals surface area contributed by atoms with Gasteiger partial charge >= 0.3 is 0 Å². The van der Waals surface area contributed by atoms with E-state index >= 15 is 0 Å². The van der Waals surface area contributed by atoms with Crippen LogP contribution in [0.4, 0.5) is 4.39 Å². The van der Waals surface area contributed by atoms with Gasteiger partial charge in [0.05, 0.1) is 7.11 Å². The largest absolute Gasteiger partial charge is 0.497 e. The summed E-state index contributed by atoms with van der Waals surface area (Å²) in [6.45, 7) is 0. The molecule has 3 nitrogen and oxygen atoms in total. The van der Waals surface area contributed by atoms with Crippen molar-refractivity contribution in [3.8, 4) is 17.2 Å². The highest BCUT2D eigenvalue weighted by atomic mass is 19.1. The van der Waals surface area contributed by atoms with Gasteiger partial charge < -0.3 is 9.47 Å². The van der Waals surface area contributed by atoms with Gasteiger partial charge in [-0.1, -0.05) is 0 Å². The highest BCUT2D eigenvalue weighted by Gasteiger charge is 2.03. The second-order valence-electron chi connectivity index (χ2n) is 3.62. The Morgan fingerprint density at radius 1 is 1.00 bits per heavy atom. The lowest BCUT2D eigenvalue weighted by molar-refractivity contribution is 0.112. The van der Waals surface area contributed by atoms with Crippen LogP contribution in [-0.4, -0.2) is 13.4 Å². The number of carbonyl (C=O) groups is 1. The van der Waals surface area contributed by atoms with E-state index in [1.807, 2.05) is 0 Å². The van der Waals surface area contributed by atoms with E-state index in [-0.39, 0.29) is 11.3 Å². The van der Waals surface area contributed by atoms with Crippen LogP contribution in [0.5, 0.6) is 17.2 Å². The van der Waals surface area contributed by atoms with Crippen molar-refractivity contribution < 1.29 is 18.7 Å². The first-order chi connectivity index (χ1) is 8.71. The Bertz CT molecular complexity index is 549. The summed E-state index contributed by atoms with van der Waals surface area (Å²) >= 11 is 0. The van der Waals surface area contributed by atoms with Crippen LogP contribution >= 0.6 is 0 Å². The molecule has 0 unspecified atom stereocenters. The van der Waals surface area contributed by atoms with Gasteiger partial charge in [-0.2, -0.15) is 0 Å². The molecule has 0 bridgehead atoms. The van der Waals surface area contributed by atoms with Gasteiger partial charge in [-0.05, 0) is 36.4 Å². The van der Waals surface area contributed by atoms with Crippen molar-refractivity contribution in [1.82, 2.24) is 0 Å². The predicted octanol–water partition coefficient (Wildman–Crippen LogP) is 3.44. The number of carbonyl (C=O) groups excluding carboxylic acids is 1. The Labute approximate surface area is 104 Å². The van der Waals surface area contributed by atoms with Gasteiger partial charge in [0.2, 0.25) is 0 Å². The molecule has 0 aromatic heterocycles. The summed E-state index contributed by atoms with van der Waals surface area (Å²) in [6, 6.07) is 10.7. The fraction of sp³-hybridized carbons (Fsp3) is 0.0714. The number of hydrogen-bond donors (Lipinski definition) is 0. The van der Waals surface area contributed by atoms with Crippen molar-refractivity contribution in [1.29, 1.82) is 0 Å². The summed E-state index contributed by atoms with van der Waals surface area (Å²) in [5.41, 5.74) is 0.235. The van der Waals surface area contributed by atoms with Crippen LogP contribution in [0.1, 0.15) is 10.4 Å². The van der Waals surface area contributed by atoms with Gasteiger partial charge in [0, 0.05) is 11.6 Å². The topological polar surface area (TPSA) is 35.5 Å². The van der Waals surface area contributed by atoms with Crippen LogP contribution in [0, 0.1) is 5.82 Å². The number of methoxy groups -OCH3 is 1. The lowest BCUT2D eigenvalue weighted by Crippen LogP contribution is -1.89. The minimum absolute atomic E-state index is 0.235. The molecule has 0 aliphatic carbocycles. The molecule has 0 saturated heterocycles. The fourth-order valence-electron chi connectivity index (χ4n) is 1.49. The minimum Gasteiger partial charge on any atom is -0.497 e. The Morgan fingerprint density at radius 3 is 2.28 bits per heavy atom. The molecular formula is C14H11FO3. The monoisotopic (exact) mass is 246 g/mol. The average molecular weight is 246 g/mol. The molecule has 2 rings (SSSR count). The van der Waals surface area contributed by atoms with Crippen molar-refractivity contribution in [2.75, 3.05) is 7.11 Å². The molecule has 0 saturated carbocycles. The van der Waals surface area contributed by atoms with E-state index in [4.69, 9.17) is 9.47 Å². The van der Waals surface area contributed by atoms with Crippen molar-refractivity contribution in [3.63, 3.8) is 0 Å². The van der Waals surface area contributed by atoms with E-state index in [1.54, 1.807) is 31.4 Å². The van der Waals surface area contributed by atoms with Gasteiger partial charge in [-0.15, -0.1) is 0 Å². The molecular weight excluding hydrogens is 235 g/mol. The van der Waals surface area contributed by atoms with Crippen LogP contribution in [0.2, 0.25) is 0 Å². The van der Waals surface area contributed by atoms with Gasteiger partial charge in [0.15, 0.2) is 0 Å². The number of benzene rings is 2. The molecule has 18 heavy (non-hydrogen) atoms. The maximum atomic E-state index is 13.2. The molecule has 2 aromatic carbocycles. The summed E-state index contributed by atoms with van der Waals surface area (Å²) in [7, 11) is 1.57. The van der Waals surface area contributed by atoms with Crippen molar-refractivity contribution >= 4 is 6.29 Å². The summed E-state index contributed by atoms with van der Waals surface area (Å²) in [6.07, 6.45) is 0.573. The highest BCUT2D eigenvalue weighted by molar-refractivity contribution is 5.75. The fourth-order valence-corrected chi connectivity index (χ4v) is 1.49. The number of hydrogen-bond acceptors (Lipinski definition) is 3. The molecule has 0 radical (unpaired) electrons. The molecule has 0 heterocycles. The van der Waals surface area contributed by atoms with Gasteiger partial charge in [-0.25, -0.2) is 4.39 Å². The Kier molecular flexibility index (Phi) is 3.57. The number of aldehydes is 1. The lowest BCUT2D eigenvalue weighted by atomic mass is 10.2. The van der Waals surface area contributed by atoms with E-state index in [0.717, 1.165) is 6.07 Å². The molecule has 0 fully saturated rings. The molecule has 0 spiro atoms. The minimum atomic E-state index is -0.511. The van der Waals surface area contributed by atoms with Gasteiger partial charge in [0.1, 0.15) is 29.4 Å². The van der Waals surface area contributed by atoms with Crippen LogP contribution in [0.3, 0.4) is 0 Å². The first kappa shape index (κ1) is 12.1. The quantitative estimate of drug-likeness (QED) is 0.775. The second kappa shape index (κ2) is 5.31. The first-order valence-corrected chi connectivity index (χ1v) is 5.29. The van der Waals surface area contributed by atoms with Crippen molar-refractivity contribution in [2.24, 2.45) is 0 Å². The Balaban J connectivity index is 2.22. The van der Waals surface area contributed by atoms with E-state index in [0.29, 0.717) is 17.8 Å². The van der Waals surface area contributed by atoms with E-state index in [9.17, 15) is 9.18 Å². The molecule has 92 valence electrons. The summed E-state index contributed by atoms with van der Waals surface area (Å²) in [5, 5.41) is 0. The zero-order valence-corrected chi connectivity index (χ0v) is 9.72. The third-order valence-corrected chi connectivity index (χ3v) is 2.32. The van der Waals surface area contributed by atoms with Crippen LogP contribution in [0.15, 0.2) is 42.5 Å². The summed E-state index contributed by atoms with van der Waals surface area (Å²) in [4.78, 5) is 10.6. The third-order valence-electron chi connectivity index (χ3n) is 2.32. The summed E-state index contributed by atoms with van der Waals surface area (Å²) in [5.74, 6) is 1.01. The zero-order chi connectivity index (χ0) is 13.0. The van der Waals surface area contributed by atoms with Crippen LogP contribution < -0.4 is 9.47 Å². The average Bonchev–Trinajstić information content (AvgIpc) is 2.39. The second-order valence-corrected chi connectivity index (χ2v) is 3.62. The number of halogens is 1. The van der Waals surface area contributed by atoms with E-state index in [1.165, 1.54) is 12.1 Å². The maximum Gasteiger partial charge on any atom is 0.150 e. The lowest BCUT2D eigenvalue weighted by Gasteiger charge is -2.07. The van der Waals surface area contributed by atoms with Gasteiger partial charge in [0.25, 0.3) is 0 Å². The summed E-state index contributed by atoms with van der Waals surface area (Å²) < 4.78 is 23.6. The molecule has 0 atom stereocenters. The van der Waals surface area contributed by atoms with Crippen LogP contribution in [0.25, 0.3) is 0 Å². The predicted molar refractivity (Wildman–Crippen MR) is 64.9 cm³/mol. The molecule has 0 N–H and O–H groups in total. The Morgan fingerprint density at radius 2 is 1.67 bits per heavy atom. The molecule has 2 aromatic rings. The third kappa shape index (κ3) is 2.85.